The number of benzene rings is 1. The van der Waals surface area contributed by atoms with Crippen LogP contribution in [-0.4, -0.2) is 6.61 Å². The quantitative estimate of drug-likeness (QED) is 0.695. The highest BCUT2D eigenvalue weighted by molar-refractivity contribution is 5.38. The van der Waals surface area contributed by atoms with Crippen molar-refractivity contribution in [3.05, 3.63) is 29.1 Å². The predicted molar refractivity (Wildman–Crippen MR) is 47.3 cm³/mol. The third-order valence-corrected chi connectivity index (χ3v) is 1.90. The Labute approximate surface area is 84.7 Å². The molecule has 84 valence electrons. The van der Waals surface area contributed by atoms with Crippen LogP contribution in [0.1, 0.15) is 18.1 Å². The Bertz CT molecular complexity index is 357. The molecular formula is C10H10F4O. The molecule has 0 N–H and O–H groups in total. The summed E-state index contributed by atoms with van der Waals surface area (Å²) in [5.41, 5.74) is -1.41. The molecule has 0 fully saturated rings. The average Bonchev–Trinajstić information content (AvgIpc) is 2.08. The van der Waals surface area contributed by atoms with Gasteiger partial charge in [0.25, 0.3) is 0 Å². The summed E-state index contributed by atoms with van der Waals surface area (Å²) in [5.74, 6) is -1.71. The molecule has 0 spiro atoms. The Morgan fingerprint density at radius 3 is 2.33 bits per heavy atom. The first-order chi connectivity index (χ1) is 6.88. The van der Waals surface area contributed by atoms with Gasteiger partial charge in [-0.3, -0.25) is 0 Å². The summed E-state index contributed by atoms with van der Waals surface area (Å²) >= 11 is 0. The SMILES string of the molecule is CCOc1ccc(C)c(C(F)(F)F)c1F. The minimum absolute atomic E-state index is 0.122. The van der Waals surface area contributed by atoms with Crippen molar-refractivity contribution in [2.24, 2.45) is 0 Å². The van der Waals surface area contributed by atoms with Gasteiger partial charge in [0.2, 0.25) is 0 Å². The van der Waals surface area contributed by atoms with E-state index < -0.39 is 17.6 Å². The summed E-state index contributed by atoms with van der Waals surface area (Å²) in [6.07, 6.45) is -4.69. The van der Waals surface area contributed by atoms with Gasteiger partial charge < -0.3 is 4.74 Å². The van der Waals surface area contributed by atoms with Gasteiger partial charge in [-0.1, -0.05) is 6.07 Å². The zero-order valence-corrected chi connectivity index (χ0v) is 8.28. The Hall–Kier alpha value is -1.26. The van der Waals surface area contributed by atoms with Crippen molar-refractivity contribution in [2.75, 3.05) is 6.61 Å². The van der Waals surface area contributed by atoms with E-state index in [1.165, 1.54) is 19.1 Å². The number of halogens is 4. The van der Waals surface area contributed by atoms with E-state index in [9.17, 15) is 17.6 Å². The fourth-order valence-electron chi connectivity index (χ4n) is 1.27. The van der Waals surface area contributed by atoms with E-state index in [4.69, 9.17) is 4.74 Å². The Morgan fingerprint density at radius 2 is 1.87 bits per heavy atom. The monoisotopic (exact) mass is 222 g/mol. The first kappa shape index (κ1) is 11.8. The second-order valence-corrected chi connectivity index (χ2v) is 3.00. The highest BCUT2D eigenvalue weighted by atomic mass is 19.4. The van der Waals surface area contributed by atoms with Gasteiger partial charge in [0.15, 0.2) is 11.6 Å². The molecule has 0 aliphatic heterocycles. The van der Waals surface area contributed by atoms with Crippen LogP contribution >= 0.6 is 0 Å². The Kier molecular flexibility index (Phi) is 3.21. The van der Waals surface area contributed by atoms with Crippen molar-refractivity contribution < 1.29 is 22.3 Å². The number of ether oxygens (including phenoxy) is 1. The van der Waals surface area contributed by atoms with E-state index in [2.05, 4.69) is 0 Å². The lowest BCUT2D eigenvalue weighted by Crippen LogP contribution is -2.12. The first-order valence-corrected chi connectivity index (χ1v) is 4.37. The number of hydrogen-bond donors (Lipinski definition) is 0. The van der Waals surface area contributed by atoms with Crippen LogP contribution in [0.4, 0.5) is 17.6 Å². The van der Waals surface area contributed by atoms with Crippen molar-refractivity contribution in [1.82, 2.24) is 0 Å². The molecule has 0 aliphatic rings. The van der Waals surface area contributed by atoms with Crippen molar-refractivity contribution in [3.8, 4) is 5.75 Å². The van der Waals surface area contributed by atoms with E-state index in [1.807, 2.05) is 0 Å². The molecule has 0 saturated carbocycles. The summed E-state index contributed by atoms with van der Waals surface area (Å²) in [6, 6.07) is 2.39. The second kappa shape index (κ2) is 4.08. The van der Waals surface area contributed by atoms with E-state index in [-0.39, 0.29) is 17.9 Å². The zero-order chi connectivity index (χ0) is 11.6. The van der Waals surface area contributed by atoms with Crippen LogP contribution in [0.25, 0.3) is 0 Å². The molecule has 15 heavy (non-hydrogen) atoms. The van der Waals surface area contributed by atoms with Crippen molar-refractivity contribution in [2.45, 2.75) is 20.0 Å². The van der Waals surface area contributed by atoms with Crippen LogP contribution < -0.4 is 4.74 Å². The molecule has 0 atom stereocenters. The number of alkyl halides is 3. The molecule has 0 unspecified atom stereocenters. The van der Waals surface area contributed by atoms with Crippen LogP contribution in [0.15, 0.2) is 12.1 Å². The molecule has 0 bridgehead atoms. The van der Waals surface area contributed by atoms with Gasteiger partial charge in [-0.15, -0.1) is 0 Å². The average molecular weight is 222 g/mol. The molecule has 0 aliphatic carbocycles. The Balaban J connectivity index is 3.30. The lowest BCUT2D eigenvalue weighted by molar-refractivity contribution is -0.140. The van der Waals surface area contributed by atoms with Crippen LogP contribution in [0.5, 0.6) is 5.75 Å². The number of rotatable bonds is 2. The fraction of sp³-hybridized carbons (Fsp3) is 0.400. The molecule has 1 aromatic rings. The molecular weight excluding hydrogens is 212 g/mol. The summed E-state index contributed by atoms with van der Waals surface area (Å²) in [7, 11) is 0. The van der Waals surface area contributed by atoms with Crippen LogP contribution in [0, 0.1) is 12.7 Å². The lowest BCUT2D eigenvalue weighted by Gasteiger charge is -2.14. The minimum atomic E-state index is -4.69. The Morgan fingerprint density at radius 1 is 1.27 bits per heavy atom. The molecule has 0 amide bonds. The van der Waals surface area contributed by atoms with Gasteiger partial charge in [-0.05, 0) is 25.5 Å². The van der Waals surface area contributed by atoms with E-state index in [1.54, 1.807) is 6.92 Å². The van der Waals surface area contributed by atoms with E-state index in [0.29, 0.717) is 0 Å². The molecule has 1 rings (SSSR count). The van der Waals surface area contributed by atoms with Crippen LogP contribution in [0.2, 0.25) is 0 Å². The van der Waals surface area contributed by atoms with Crippen LogP contribution in [0.3, 0.4) is 0 Å². The minimum Gasteiger partial charge on any atom is -0.491 e. The number of aryl methyl sites for hydroxylation is 1. The largest absolute Gasteiger partial charge is 0.491 e. The van der Waals surface area contributed by atoms with Gasteiger partial charge in [0.1, 0.15) is 0 Å². The van der Waals surface area contributed by atoms with Crippen LogP contribution in [-0.2, 0) is 6.18 Å². The third kappa shape index (κ3) is 2.40. The lowest BCUT2D eigenvalue weighted by atomic mass is 10.1. The van der Waals surface area contributed by atoms with Gasteiger partial charge in [-0.2, -0.15) is 13.2 Å². The molecule has 0 saturated heterocycles. The second-order valence-electron chi connectivity index (χ2n) is 3.00. The van der Waals surface area contributed by atoms with E-state index >= 15 is 0 Å². The van der Waals surface area contributed by atoms with E-state index in [0.717, 1.165) is 0 Å². The zero-order valence-electron chi connectivity index (χ0n) is 8.28. The standard InChI is InChI=1S/C10H10F4O/c1-3-15-7-5-4-6(2)8(9(7)11)10(12,13)14/h4-5H,3H2,1-2H3. The maximum atomic E-state index is 13.4. The van der Waals surface area contributed by atoms with Gasteiger partial charge >= 0.3 is 6.18 Å². The molecule has 0 radical (unpaired) electrons. The third-order valence-electron chi connectivity index (χ3n) is 1.90. The smallest absolute Gasteiger partial charge is 0.419 e. The predicted octanol–water partition coefficient (Wildman–Crippen LogP) is 3.55. The van der Waals surface area contributed by atoms with Crippen molar-refractivity contribution in [3.63, 3.8) is 0 Å². The highest BCUT2D eigenvalue weighted by Gasteiger charge is 2.37. The highest BCUT2D eigenvalue weighted by Crippen LogP contribution is 2.37. The number of hydrogen-bond acceptors (Lipinski definition) is 1. The fourth-order valence-corrected chi connectivity index (χ4v) is 1.27. The molecule has 5 heteroatoms. The van der Waals surface area contributed by atoms with Gasteiger partial charge in [0.05, 0.1) is 12.2 Å². The summed E-state index contributed by atoms with van der Waals surface area (Å²) in [5, 5.41) is 0. The first-order valence-electron chi connectivity index (χ1n) is 4.37. The maximum Gasteiger partial charge on any atom is 0.419 e. The van der Waals surface area contributed by atoms with Gasteiger partial charge in [0, 0.05) is 0 Å². The van der Waals surface area contributed by atoms with Gasteiger partial charge in [-0.25, -0.2) is 4.39 Å². The van der Waals surface area contributed by atoms with Crippen molar-refractivity contribution in [1.29, 1.82) is 0 Å². The summed E-state index contributed by atoms with van der Waals surface area (Å²) in [6.45, 7) is 2.91. The normalized spacial score (nSPS) is 11.6. The molecule has 0 heterocycles. The maximum absolute atomic E-state index is 13.4. The topological polar surface area (TPSA) is 9.23 Å². The molecule has 0 aromatic heterocycles. The van der Waals surface area contributed by atoms with Crippen molar-refractivity contribution >= 4 is 0 Å². The molecule has 1 nitrogen and oxygen atoms in total. The summed E-state index contributed by atoms with van der Waals surface area (Å²) < 4.78 is 55.4. The molecule has 1 aromatic carbocycles. The summed E-state index contributed by atoms with van der Waals surface area (Å²) in [4.78, 5) is 0.